The summed E-state index contributed by atoms with van der Waals surface area (Å²) in [5, 5.41) is 5.99. The number of aryl methyl sites for hydroxylation is 1. The molecule has 1 atom stereocenters. The van der Waals surface area contributed by atoms with Crippen LogP contribution in [-0.4, -0.2) is 15.8 Å². The van der Waals surface area contributed by atoms with E-state index in [1.165, 1.54) is 17.3 Å². The van der Waals surface area contributed by atoms with Gasteiger partial charge in [0, 0.05) is 24.4 Å². The van der Waals surface area contributed by atoms with E-state index < -0.39 is 0 Å². The van der Waals surface area contributed by atoms with E-state index >= 15 is 0 Å². The zero-order chi connectivity index (χ0) is 14.5. The zero-order valence-electron chi connectivity index (χ0n) is 12.8. The Bertz CT molecular complexity index is 544. The number of nitrogens with one attached hydrogen (secondary N) is 1. The summed E-state index contributed by atoms with van der Waals surface area (Å²) in [6.07, 6.45) is 3.15. The third-order valence-corrected chi connectivity index (χ3v) is 3.80. The molecule has 0 saturated heterocycles. The Kier molecular flexibility index (Phi) is 5.15. The second-order valence-electron chi connectivity index (χ2n) is 5.82. The van der Waals surface area contributed by atoms with Crippen molar-refractivity contribution in [3.8, 4) is 0 Å². The number of hydrazine groups is 1. The molecule has 0 saturated carbocycles. The van der Waals surface area contributed by atoms with Gasteiger partial charge >= 0.3 is 0 Å². The Balaban J connectivity index is 2.19. The van der Waals surface area contributed by atoms with Crippen LogP contribution in [0, 0.1) is 5.92 Å². The summed E-state index contributed by atoms with van der Waals surface area (Å²) < 4.78 is 2.07. The first-order valence-electron chi connectivity index (χ1n) is 7.56. The van der Waals surface area contributed by atoms with Crippen LogP contribution in [0.15, 0.2) is 24.3 Å². The number of nitrogens with zero attached hydrogens (tertiary/aromatic N) is 2. The molecule has 1 heterocycles. The van der Waals surface area contributed by atoms with E-state index in [9.17, 15) is 0 Å². The summed E-state index contributed by atoms with van der Waals surface area (Å²) in [6.45, 7) is 7.51. The molecule has 0 aliphatic rings. The minimum atomic E-state index is 0.293. The quantitative estimate of drug-likeness (QED) is 0.603. The summed E-state index contributed by atoms with van der Waals surface area (Å²) in [4.78, 5) is 0. The Morgan fingerprint density at radius 2 is 2.00 bits per heavy atom. The van der Waals surface area contributed by atoms with Crippen molar-refractivity contribution >= 4 is 10.9 Å². The van der Waals surface area contributed by atoms with E-state index in [1.807, 2.05) is 0 Å². The zero-order valence-corrected chi connectivity index (χ0v) is 12.8. The normalized spacial score (nSPS) is 13.2. The minimum absolute atomic E-state index is 0.293. The summed E-state index contributed by atoms with van der Waals surface area (Å²) >= 11 is 0. The fourth-order valence-electron chi connectivity index (χ4n) is 2.60. The largest absolute Gasteiger partial charge is 0.271 e. The predicted molar refractivity (Wildman–Crippen MR) is 84.3 cm³/mol. The molecule has 4 heteroatoms. The van der Waals surface area contributed by atoms with E-state index in [0.717, 1.165) is 25.1 Å². The molecule has 0 bridgehead atoms. The van der Waals surface area contributed by atoms with Crippen LogP contribution in [0.2, 0.25) is 0 Å². The summed E-state index contributed by atoms with van der Waals surface area (Å²) in [6, 6.07) is 8.72. The SMILES string of the molecule is CCn1nc(CC(CCC(C)C)NN)c2ccccc21. The van der Waals surface area contributed by atoms with Gasteiger partial charge in [-0.25, -0.2) is 0 Å². The summed E-state index contributed by atoms with van der Waals surface area (Å²) in [5.41, 5.74) is 5.31. The number of aromatic nitrogens is 2. The number of rotatable bonds is 7. The second kappa shape index (κ2) is 6.86. The van der Waals surface area contributed by atoms with E-state index in [4.69, 9.17) is 10.9 Å². The van der Waals surface area contributed by atoms with Crippen molar-refractivity contribution in [3.63, 3.8) is 0 Å². The molecule has 110 valence electrons. The lowest BCUT2D eigenvalue weighted by Crippen LogP contribution is -2.37. The Morgan fingerprint density at radius 3 is 2.65 bits per heavy atom. The van der Waals surface area contributed by atoms with Crippen molar-refractivity contribution < 1.29 is 0 Å². The van der Waals surface area contributed by atoms with Gasteiger partial charge in [-0.2, -0.15) is 5.10 Å². The van der Waals surface area contributed by atoms with Gasteiger partial charge in [0.2, 0.25) is 0 Å². The maximum Gasteiger partial charge on any atom is 0.0719 e. The lowest BCUT2D eigenvalue weighted by atomic mass is 9.99. The number of para-hydroxylation sites is 1. The van der Waals surface area contributed by atoms with Crippen LogP contribution < -0.4 is 11.3 Å². The highest BCUT2D eigenvalue weighted by molar-refractivity contribution is 5.82. The van der Waals surface area contributed by atoms with Crippen molar-refractivity contribution in [2.75, 3.05) is 0 Å². The minimum Gasteiger partial charge on any atom is -0.271 e. The molecule has 0 fully saturated rings. The van der Waals surface area contributed by atoms with Gasteiger partial charge in [-0.15, -0.1) is 0 Å². The lowest BCUT2D eigenvalue weighted by Gasteiger charge is -2.16. The molecule has 1 aromatic heterocycles. The van der Waals surface area contributed by atoms with Gasteiger partial charge in [-0.05, 0) is 31.7 Å². The molecule has 20 heavy (non-hydrogen) atoms. The smallest absolute Gasteiger partial charge is 0.0719 e. The average Bonchev–Trinajstić information content (AvgIpc) is 2.81. The van der Waals surface area contributed by atoms with Crippen LogP contribution in [0.1, 0.15) is 39.3 Å². The second-order valence-corrected chi connectivity index (χ2v) is 5.82. The summed E-state index contributed by atoms with van der Waals surface area (Å²) in [5.74, 6) is 6.41. The van der Waals surface area contributed by atoms with Crippen LogP contribution in [0.4, 0.5) is 0 Å². The molecule has 3 N–H and O–H groups in total. The third-order valence-electron chi connectivity index (χ3n) is 3.80. The number of nitrogens with two attached hydrogens (primary N) is 1. The maximum atomic E-state index is 5.71. The van der Waals surface area contributed by atoms with Crippen molar-refractivity contribution in [2.45, 2.75) is 52.6 Å². The van der Waals surface area contributed by atoms with Crippen LogP contribution in [0.3, 0.4) is 0 Å². The molecule has 0 radical (unpaired) electrons. The van der Waals surface area contributed by atoms with E-state index in [0.29, 0.717) is 12.0 Å². The fourth-order valence-corrected chi connectivity index (χ4v) is 2.60. The Morgan fingerprint density at radius 1 is 1.25 bits per heavy atom. The van der Waals surface area contributed by atoms with Gasteiger partial charge in [0.05, 0.1) is 11.2 Å². The first-order chi connectivity index (χ1) is 9.65. The van der Waals surface area contributed by atoms with Crippen LogP contribution in [-0.2, 0) is 13.0 Å². The van der Waals surface area contributed by atoms with Gasteiger partial charge in [0.25, 0.3) is 0 Å². The molecule has 0 spiro atoms. The topological polar surface area (TPSA) is 55.9 Å². The molecule has 1 aromatic carbocycles. The van der Waals surface area contributed by atoms with Crippen molar-refractivity contribution in [3.05, 3.63) is 30.0 Å². The first-order valence-corrected chi connectivity index (χ1v) is 7.56. The molecule has 1 unspecified atom stereocenters. The standard InChI is InChI=1S/C16H26N4/c1-4-20-16-8-6-5-7-14(16)15(19-20)11-13(18-17)10-9-12(2)3/h5-8,12-13,18H,4,9-11,17H2,1-3H3. The number of benzene rings is 1. The highest BCUT2D eigenvalue weighted by Crippen LogP contribution is 2.20. The van der Waals surface area contributed by atoms with Crippen LogP contribution in [0.25, 0.3) is 10.9 Å². The van der Waals surface area contributed by atoms with E-state index in [-0.39, 0.29) is 0 Å². The molecule has 0 aliphatic heterocycles. The molecular formula is C16H26N4. The van der Waals surface area contributed by atoms with Crippen molar-refractivity contribution in [2.24, 2.45) is 11.8 Å². The third kappa shape index (κ3) is 3.38. The molecule has 0 amide bonds. The van der Waals surface area contributed by atoms with Crippen molar-refractivity contribution in [1.29, 1.82) is 0 Å². The van der Waals surface area contributed by atoms with E-state index in [2.05, 4.69) is 55.1 Å². The number of hydrogen-bond donors (Lipinski definition) is 2. The number of hydrogen-bond acceptors (Lipinski definition) is 3. The molecular weight excluding hydrogens is 248 g/mol. The molecule has 2 rings (SSSR count). The van der Waals surface area contributed by atoms with Crippen LogP contribution >= 0.6 is 0 Å². The fraction of sp³-hybridized carbons (Fsp3) is 0.562. The van der Waals surface area contributed by atoms with Gasteiger partial charge in [0.15, 0.2) is 0 Å². The maximum absolute atomic E-state index is 5.71. The summed E-state index contributed by atoms with van der Waals surface area (Å²) in [7, 11) is 0. The molecule has 4 nitrogen and oxygen atoms in total. The van der Waals surface area contributed by atoms with Gasteiger partial charge in [-0.1, -0.05) is 32.0 Å². The highest BCUT2D eigenvalue weighted by atomic mass is 15.3. The van der Waals surface area contributed by atoms with Gasteiger partial charge < -0.3 is 0 Å². The van der Waals surface area contributed by atoms with Gasteiger partial charge in [0.1, 0.15) is 0 Å². The average molecular weight is 274 g/mol. The van der Waals surface area contributed by atoms with Crippen LogP contribution in [0.5, 0.6) is 0 Å². The monoisotopic (exact) mass is 274 g/mol. The number of fused-ring (bicyclic) bond motifs is 1. The molecule has 0 aliphatic carbocycles. The van der Waals surface area contributed by atoms with Crippen molar-refractivity contribution in [1.82, 2.24) is 15.2 Å². The first kappa shape index (κ1) is 15.0. The van der Waals surface area contributed by atoms with E-state index in [1.54, 1.807) is 0 Å². The predicted octanol–water partition coefficient (Wildman–Crippen LogP) is 2.87. The Hall–Kier alpha value is -1.39. The lowest BCUT2D eigenvalue weighted by molar-refractivity contribution is 0.431. The molecule has 2 aromatic rings. The Labute approximate surface area is 121 Å². The highest BCUT2D eigenvalue weighted by Gasteiger charge is 2.15. The van der Waals surface area contributed by atoms with Gasteiger partial charge in [-0.3, -0.25) is 16.0 Å².